The van der Waals surface area contributed by atoms with E-state index in [1.54, 1.807) is 0 Å². The summed E-state index contributed by atoms with van der Waals surface area (Å²) in [5.74, 6) is -0.722. The highest BCUT2D eigenvalue weighted by atomic mass is 16.2. The lowest BCUT2D eigenvalue weighted by atomic mass is 10.3. The third-order valence-corrected chi connectivity index (χ3v) is 1.38. The Hall–Kier alpha value is -1.64. The van der Waals surface area contributed by atoms with Gasteiger partial charge in [0.1, 0.15) is 0 Å². The van der Waals surface area contributed by atoms with E-state index in [-0.39, 0.29) is 11.8 Å². The molecule has 0 fully saturated rings. The van der Waals surface area contributed by atoms with Gasteiger partial charge in [-0.3, -0.25) is 14.5 Å². The molecule has 0 aliphatic carbocycles. The minimum Gasteiger partial charge on any atom is -0.269 e. The number of carbonyl (C=O) groups excluding carboxylic acids is 2. The van der Waals surface area contributed by atoms with Crippen LogP contribution >= 0.6 is 0 Å². The number of imide groups is 1. The Morgan fingerprint density at radius 2 is 2.00 bits per heavy atom. The molecule has 1 heterocycles. The van der Waals surface area contributed by atoms with Crippen molar-refractivity contribution in [3.05, 3.63) is 37.1 Å². The van der Waals surface area contributed by atoms with Gasteiger partial charge in [0.25, 0.3) is 11.8 Å². The molecular formula is C8H7NO2. The molecule has 0 spiro atoms. The van der Waals surface area contributed by atoms with E-state index in [0.29, 0.717) is 5.57 Å². The van der Waals surface area contributed by atoms with Crippen molar-refractivity contribution in [1.82, 2.24) is 4.90 Å². The maximum absolute atomic E-state index is 11.1. The monoisotopic (exact) mass is 149 g/mol. The Morgan fingerprint density at radius 1 is 1.36 bits per heavy atom. The third kappa shape index (κ3) is 1.00. The molecule has 0 N–H and O–H groups in total. The zero-order chi connectivity index (χ0) is 8.43. The highest BCUT2D eigenvalue weighted by molar-refractivity contribution is 6.18. The first-order valence-electron chi connectivity index (χ1n) is 3.05. The zero-order valence-corrected chi connectivity index (χ0v) is 5.91. The number of amides is 2. The minimum atomic E-state index is -0.361. The third-order valence-electron chi connectivity index (χ3n) is 1.38. The lowest BCUT2D eigenvalue weighted by Gasteiger charge is -2.05. The van der Waals surface area contributed by atoms with Gasteiger partial charge < -0.3 is 0 Å². The molecule has 0 aromatic heterocycles. The van der Waals surface area contributed by atoms with Crippen molar-refractivity contribution in [2.75, 3.05) is 0 Å². The van der Waals surface area contributed by atoms with Gasteiger partial charge in [-0.1, -0.05) is 19.2 Å². The van der Waals surface area contributed by atoms with Crippen molar-refractivity contribution in [2.45, 2.75) is 0 Å². The van der Waals surface area contributed by atoms with Gasteiger partial charge in [0.2, 0.25) is 0 Å². The van der Waals surface area contributed by atoms with E-state index in [0.717, 1.165) is 4.90 Å². The maximum Gasteiger partial charge on any atom is 0.264 e. The van der Waals surface area contributed by atoms with Crippen molar-refractivity contribution in [1.29, 1.82) is 0 Å². The van der Waals surface area contributed by atoms with Gasteiger partial charge in [0, 0.05) is 17.8 Å². The number of nitrogens with zero attached hydrogens (tertiary/aromatic N) is 1. The Morgan fingerprint density at radius 3 is 2.27 bits per heavy atom. The van der Waals surface area contributed by atoms with E-state index in [1.165, 1.54) is 18.4 Å². The molecule has 0 saturated heterocycles. The zero-order valence-electron chi connectivity index (χ0n) is 5.91. The average Bonchev–Trinajstić information content (AvgIpc) is 2.26. The van der Waals surface area contributed by atoms with Crippen molar-refractivity contribution >= 4 is 11.8 Å². The normalized spacial score (nSPS) is 16.7. The van der Waals surface area contributed by atoms with Gasteiger partial charge in [0.05, 0.1) is 0 Å². The molecule has 0 atom stereocenters. The predicted molar refractivity (Wildman–Crippen MR) is 40.3 cm³/mol. The molecule has 0 bridgehead atoms. The highest BCUT2D eigenvalue weighted by Gasteiger charge is 2.26. The fourth-order valence-corrected chi connectivity index (χ4v) is 0.823. The lowest BCUT2D eigenvalue weighted by molar-refractivity contribution is -0.133. The molecular weight excluding hydrogens is 142 g/mol. The molecule has 0 saturated carbocycles. The van der Waals surface area contributed by atoms with Crippen LogP contribution in [0.2, 0.25) is 0 Å². The van der Waals surface area contributed by atoms with Gasteiger partial charge in [-0.2, -0.15) is 0 Å². The molecule has 0 unspecified atom stereocenters. The quantitative estimate of drug-likeness (QED) is 0.539. The standard InChI is InChI=1S/C8H7NO2/c1-3-6-5-7(10)9(4-2)8(6)11/h3-5H,1-2H2. The SMILES string of the molecule is C=CC1=CC(=O)N(C=C)C1=O. The maximum atomic E-state index is 11.1. The van der Waals surface area contributed by atoms with E-state index >= 15 is 0 Å². The molecule has 1 aliphatic rings. The highest BCUT2D eigenvalue weighted by Crippen LogP contribution is 2.12. The summed E-state index contributed by atoms with van der Waals surface area (Å²) in [6, 6.07) is 0. The van der Waals surface area contributed by atoms with Crippen molar-refractivity contribution < 1.29 is 9.59 Å². The summed E-state index contributed by atoms with van der Waals surface area (Å²) in [5, 5.41) is 0. The van der Waals surface area contributed by atoms with Crippen molar-refractivity contribution in [3.63, 3.8) is 0 Å². The fourth-order valence-electron chi connectivity index (χ4n) is 0.823. The topological polar surface area (TPSA) is 37.4 Å². The largest absolute Gasteiger partial charge is 0.269 e. The van der Waals surface area contributed by atoms with Crippen LogP contribution < -0.4 is 0 Å². The summed E-state index contributed by atoms with van der Waals surface area (Å²) in [4.78, 5) is 22.9. The molecule has 1 rings (SSSR count). The first-order valence-corrected chi connectivity index (χ1v) is 3.05. The van der Waals surface area contributed by atoms with Crippen LogP contribution in [-0.2, 0) is 9.59 Å². The molecule has 0 aromatic carbocycles. The van der Waals surface area contributed by atoms with Gasteiger partial charge in [0.15, 0.2) is 0 Å². The molecule has 0 radical (unpaired) electrons. The Balaban J connectivity index is 3.01. The molecule has 56 valence electrons. The van der Waals surface area contributed by atoms with Crippen LogP contribution in [0.3, 0.4) is 0 Å². The second-order valence-corrected chi connectivity index (χ2v) is 2.00. The minimum absolute atomic E-state index is 0.315. The smallest absolute Gasteiger partial charge is 0.264 e. The fraction of sp³-hybridized carbons (Fsp3) is 0. The molecule has 0 aromatic rings. The van der Waals surface area contributed by atoms with Crippen LogP contribution in [0.4, 0.5) is 0 Å². The summed E-state index contributed by atoms with van der Waals surface area (Å²) in [6.07, 6.45) is 3.78. The second-order valence-electron chi connectivity index (χ2n) is 2.00. The molecule has 11 heavy (non-hydrogen) atoms. The van der Waals surface area contributed by atoms with Crippen LogP contribution in [-0.4, -0.2) is 16.7 Å². The van der Waals surface area contributed by atoms with E-state index in [1.807, 2.05) is 0 Å². The van der Waals surface area contributed by atoms with Gasteiger partial charge in [-0.25, -0.2) is 0 Å². The summed E-state index contributed by atoms with van der Waals surface area (Å²) in [7, 11) is 0. The Kier molecular flexibility index (Phi) is 1.72. The second kappa shape index (κ2) is 2.54. The molecule has 2 amide bonds. The first-order chi connectivity index (χ1) is 5.20. The van der Waals surface area contributed by atoms with E-state index in [2.05, 4.69) is 13.2 Å². The van der Waals surface area contributed by atoms with Crippen molar-refractivity contribution in [2.24, 2.45) is 0 Å². The first kappa shape index (κ1) is 7.47. The van der Waals surface area contributed by atoms with Crippen molar-refractivity contribution in [3.8, 4) is 0 Å². The van der Waals surface area contributed by atoms with Crippen LogP contribution in [0.5, 0.6) is 0 Å². The predicted octanol–water partition coefficient (Wildman–Crippen LogP) is 0.611. The number of hydrogen-bond acceptors (Lipinski definition) is 2. The molecule has 3 heteroatoms. The molecule has 3 nitrogen and oxygen atoms in total. The average molecular weight is 149 g/mol. The lowest BCUT2D eigenvalue weighted by Crippen LogP contribution is -2.24. The number of rotatable bonds is 2. The summed E-state index contributed by atoms with van der Waals surface area (Å²) >= 11 is 0. The van der Waals surface area contributed by atoms with Crippen LogP contribution in [0.25, 0.3) is 0 Å². The van der Waals surface area contributed by atoms with Crippen LogP contribution in [0.1, 0.15) is 0 Å². The van der Waals surface area contributed by atoms with E-state index in [9.17, 15) is 9.59 Å². The van der Waals surface area contributed by atoms with Gasteiger partial charge in [-0.05, 0) is 0 Å². The Labute approximate surface area is 64.3 Å². The van der Waals surface area contributed by atoms with Crippen LogP contribution in [0.15, 0.2) is 37.1 Å². The van der Waals surface area contributed by atoms with Gasteiger partial charge in [-0.15, -0.1) is 0 Å². The molecule has 1 aliphatic heterocycles. The summed E-state index contributed by atoms with van der Waals surface area (Å²) in [6.45, 7) is 6.72. The van der Waals surface area contributed by atoms with E-state index < -0.39 is 0 Å². The number of hydrogen-bond donors (Lipinski definition) is 0. The number of carbonyl (C=O) groups is 2. The summed E-state index contributed by atoms with van der Waals surface area (Å²) in [5.41, 5.74) is 0.315. The Bertz CT molecular complexity index is 276. The van der Waals surface area contributed by atoms with Gasteiger partial charge >= 0.3 is 0 Å². The van der Waals surface area contributed by atoms with E-state index in [4.69, 9.17) is 0 Å². The summed E-state index contributed by atoms with van der Waals surface area (Å²) < 4.78 is 0. The van der Waals surface area contributed by atoms with Crippen LogP contribution in [0, 0.1) is 0 Å².